The minimum absolute atomic E-state index is 0.0545. The van der Waals surface area contributed by atoms with Gasteiger partial charge < -0.3 is 20.3 Å². The van der Waals surface area contributed by atoms with Gasteiger partial charge in [0.05, 0.1) is 25.2 Å². The maximum absolute atomic E-state index is 13.1. The number of amides is 1. The van der Waals surface area contributed by atoms with E-state index in [1.54, 1.807) is 0 Å². The Hall–Kier alpha value is -1.92. The number of rotatable bonds is 42. The van der Waals surface area contributed by atoms with Crippen LogP contribution in [0.3, 0.4) is 0 Å². The van der Waals surface area contributed by atoms with E-state index < -0.39 is 18.2 Å². The molecule has 6 heteroatoms. The molecule has 0 heterocycles. The molecule has 0 aliphatic heterocycles. The molecule has 0 spiro atoms. The van der Waals surface area contributed by atoms with Crippen LogP contribution < -0.4 is 5.32 Å². The van der Waals surface area contributed by atoms with Crippen LogP contribution in [0.5, 0.6) is 0 Å². The molecule has 0 aromatic carbocycles. The number of carbonyl (C=O) groups excluding carboxylic acids is 2. The van der Waals surface area contributed by atoms with E-state index in [9.17, 15) is 19.8 Å². The van der Waals surface area contributed by atoms with Crippen molar-refractivity contribution < 1.29 is 24.5 Å². The third-order valence-corrected chi connectivity index (χ3v) is 10.7. The van der Waals surface area contributed by atoms with Crippen LogP contribution in [0.2, 0.25) is 0 Å². The van der Waals surface area contributed by atoms with Crippen molar-refractivity contribution in [2.45, 2.75) is 257 Å². The first-order valence-electron chi connectivity index (χ1n) is 23.7. The zero-order chi connectivity index (χ0) is 40.3. The summed E-state index contributed by atoms with van der Waals surface area (Å²) in [6, 6.07) is -0.708. The number of allylic oxidation sites excluding steroid dienone is 6. The highest BCUT2D eigenvalue weighted by molar-refractivity contribution is 5.77. The van der Waals surface area contributed by atoms with Crippen molar-refractivity contribution >= 4 is 11.9 Å². The average Bonchev–Trinajstić information content (AvgIpc) is 3.18. The van der Waals surface area contributed by atoms with Gasteiger partial charge in [-0.2, -0.15) is 0 Å². The van der Waals surface area contributed by atoms with Crippen molar-refractivity contribution in [3.8, 4) is 0 Å². The standard InChI is InChI=1S/C49H91NO5/c1-4-7-10-13-16-19-21-23-24-25-27-30-33-36-39-42-49(54)55-45(40-37-34-31-29-26-22-20-17-14-11-8-5-2)43-48(53)50-46(44-51)47(52)41-38-35-32-28-18-15-12-9-6-3/h8,11,17,20,26,29,45-47,51-52H,4-7,9-10,12-16,18-19,21-25,27-28,30-44H2,1-3H3,(H,50,53)/b11-8+,20-17+,29-26+. The average molecular weight is 774 g/mol. The van der Waals surface area contributed by atoms with Gasteiger partial charge in [-0.05, 0) is 57.8 Å². The van der Waals surface area contributed by atoms with E-state index in [4.69, 9.17) is 4.74 Å². The second-order valence-electron chi connectivity index (χ2n) is 16.1. The van der Waals surface area contributed by atoms with Crippen LogP contribution in [0, 0.1) is 0 Å². The molecule has 0 aliphatic rings. The van der Waals surface area contributed by atoms with Gasteiger partial charge in [-0.1, -0.05) is 205 Å². The Bertz CT molecular complexity index is 915. The summed E-state index contributed by atoms with van der Waals surface area (Å²) >= 11 is 0. The zero-order valence-electron chi connectivity index (χ0n) is 36.6. The van der Waals surface area contributed by atoms with Crippen LogP contribution in [-0.2, 0) is 14.3 Å². The number of aliphatic hydroxyl groups excluding tert-OH is 2. The highest BCUT2D eigenvalue weighted by atomic mass is 16.5. The predicted molar refractivity (Wildman–Crippen MR) is 236 cm³/mol. The van der Waals surface area contributed by atoms with Gasteiger partial charge in [-0.25, -0.2) is 0 Å². The summed E-state index contributed by atoms with van der Waals surface area (Å²) in [5, 5.41) is 23.6. The van der Waals surface area contributed by atoms with Crippen LogP contribution in [-0.4, -0.2) is 46.9 Å². The fourth-order valence-corrected chi connectivity index (χ4v) is 7.15. The van der Waals surface area contributed by atoms with Crippen LogP contribution in [0.25, 0.3) is 0 Å². The lowest BCUT2D eigenvalue weighted by molar-refractivity contribution is -0.151. The van der Waals surface area contributed by atoms with Gasteiger partial charge in [0.15, 0.2) is 0 Å². The zero-order valence-corrected chi connectivity index (χ0v) is 36.6. The van der Waals surface area contributed by atoms with E-state index in [-0.39, 0.29) is 24.9 Å². The molecule has 3 N–H and O–H groups in total. The van der Waals surface area contributed by atoms with E-state index in [2.05, 4.69) is 62.5 Å². The molecule has 3 unspecified atom stereocenters. The number of hydrogen-bond acceptors (Lipinski definition) is 5. The first-order valence-corrected chi connectivity index (χ1v) is 23.7. The Morgan fingerprint density at radius 2 is 0.982 bits per heavy atom. The van der Waals surface area contributed by atoms with Crippen molar-refractivity contribution in [1.82, 2.24) is 5.32 Å². The quantitative estimate of drug-likeness (QED) is 0.0326. The number of unbranched alkanes of at least 4 members (excludes halogenated alkanes) is 24. The molecule has 0 saturated carbocycles. The molecular formula is C49H91NO5. The summed E-state index contributed by atoms with van der Waals surface area (Å²) in [7, 11) is 0. The molecule has 0 aromatic heterocycles. The second kappa shape index (κ2) is 43.2. The highest BCUT2D eigenvalue weighted by Crippen LogP contribution is 2.17. The topological polar surface area (TPSA) is 95.9 Å². The van der Waals surface area contributed by atoms with Crippen LogP contribution in [0.4, 0.5) is 0 Å². The molecular weight excluding hydrogens is 683 g/mol. The van der Waals surface area contributed by atoms with Crippen molar-refractivity contribution in [1.29, 1.82) is 0 Å². The molecule has 0 aliphatic carbocycles. The Kier molecular flexibility index (Phi) is 41.7. The molecule has 0 fully saturated rings. The fourth-order valence-electron chi connectivity index (χ4n) is 7.15. The van der Waals surface area contributed by atoms with Gasteiger partial charge in [0, 0.05) is 6.42 Å². The molecule has 0 saturated heterocycles. The molecule has 1 amide bonds. The normalized spacial score (nSPS) is 13.6. The SMILES string of the molecule is CC/C=C/C/C=C/C/C=C/CCCCC(CC(=O)NC(CO)C(O)CCCCCCCCCCC)OC(=O)CCCCCCCCCCCCCCCCC. The molecule has 0 bridgehead atoms. The third-order valence-electron chi connectivity index (χ3n) is 10.7. The molecule has 0 rings (SSSR count). The van der Waals surface area contributed by atoms with E-state index in [0.717, 1.165) is 77.0 Å². The van der Waals surface area contributed by atoms with Crippen molar-refractivity contribution in [3.05, 3.63) is 36.5 Å². The van der Waals surface area contributed by atoms with Gasteiger partial charge in [0.2, 0.25) is 5.91 Å². The summed E-state index contributed by atoms with van der Waals surface area (Å²) in [6.07, 6.45) is 49.3. The van der Waals surface area contributed by atoms with E-state index >= 15 is 0 Å². The summed E-state index contributed by atoms with van der Waals surface area (Å²) in [5.74, 6) is -0.507. The Morgan fingerprint density at radius 3 is 1.47 bits per heavy atom. The number of hydrogen-bond donors (Lipinski definition) is 3. The molecule has 6 nitrogen and oxygen atoms in total. The minimum Gasteiger partial charge on any atom is -0.462 e. The van der Waals surface area contributed by atoms with Crippen LogP contribution in [0.1, 0.15) is 239 Å². The summed E-state index contributed by atoms with van der Waals surface area (Å²) in [4.78, 5) is 26.0. The van der Waals surface area contributed by atoms with Gasteiger partial charge >= 0.3 is 5.97 Å². The maximum atomic E-state index is 13.1. The minimum atomic E-state index is -0.793. The lowest BCUT2D eigenvalue weighted by atomic mass is 10.0. The monoisotopic (exact) mass is 774 g/mol. The fraction of sp³-hybridized carbons (Fsp3) is 0.837. The highest BCUT2D eigenvalue weighted by Gasteiger charge is 2.24. The molecule has 322 valence electrons. The number of esters is 1. The maximum Gasteiger partial charge on any atom is 0.306 e. The largest absolute Gasteiger partial charge is 0.462 e. The number of ether oxygens (including phenoxy) is 1. The van der Waals surface area contributed by atoms with Gasteiger partial charge in [-0.15, -0.1) is 0 Å². The summed E-state index contributed by atoms with van der Waals surface area (Å²) in [5.41, 5.74) is 0. The van der Waals surface area contributed by atoms with Crippen LogP contribution in [0.15, 0.2) is 36.5 Å². The third kappa shape index (κ3) is 38.7. The summed E-state index contributed by atoms with van der Waals surface area (Å²) in [6.45, 7) is 6.34. The molecule has 55 heavy (non-hydrogen) atoms. The van der Waals surface area contributed by atoms with Crippen LogP contribution >= 0.6 is 0 Å². The van der Waals surface area contributed by atoms with Crippen molar-refractivity contribution in [2.24, 2.45) is 0 Å². The lowest BCUT2D eigenvalue weighted by Crippen LogP contribution is -2.46. The van der Waals surface area contributed by atoms with E-state index in [1.807, 2.05) is 0 Å². The summed E-state index contributed by atoms with van der Waals surface area (Å²) < 4.78 is 5.89. The Morgan fingerprint density at radius 1 is 0.545 bits per heavy atom. The van der Waals surface area contributed by atoms with Gasteiger partial charge in [-0.3, -0.25) is 9.59 Å². The van der Waals surface area contributed by atoms with Gasteiger partial charge in [0.25, 0.3) is 0 Å². The Balaban J connectivity index is 4.59. The smallest absolute Gasteiger partial charge is 0.306 e. The molecule has 0 radical (unpaired) electrons. The Labute approximate surface area is 341 Å². The first-order chi connectivity index (χ1) is 27.0. The number of carbonyl (C=O) groups is 2. The molecule has 3 atom stereocenters. The van der Waals surface area contributed by atoms with Gasteiger partial charge in [0.1, 0.15) is 6.10 Å². The molecule has 0 aromatic rings. The van der Waals surface area contributed by atoms with Crippen molar-refractivity contribution in [2.75, 3.05) is 6.61 Å². The van der Waals surface area contributed by atoms with E-state index in [1.165, 1.54) is 116 Å². The second-order valence-corrected chi connectivity index (χ2v) is 16.1. The first kappa shape index (κ1) is 53.1. The number of nitrogens with one attached hydrogen (secondary N) is 1. The van der Waals surface area contributed by atoms with E-state index in [0.29, 0.717) is 19.3 Å². The predicted octanol–water partition coefficient (Wildman–Crippen LogP) is 13.7. The number of aliphatic hydroxyl groups is 2. The lowest BCUT2D eigenvalue weighted by Gasteiger charge is -2.24. The van der Waals surface area contributed by atoms with Crippen molar-refractivity contribution in [3.63, 3.8) is 0 Å².